The van der Waals surface area contributed by atoms with Gasteiger partial charge in [-0.1, -0.05) is 0 Å². The Morgan fingerprint density at radius 2 is 1.90 bits per heavy atom. The third-order valence-electron chi connectivity index (χ3n) is 2.93. The van der Waals surface area contributed by atoms with Gasteiger partial charge in [-0.05, 0) is 65.3 Å². The van der Waals surface area contributed by atoms with Crippen molar-refractivity contribution in [3.8, 4) is 0 Å². The number of amides is 1. The fourth-order valence-corrected chi connectivity index (χ4v) is 2.43. The maximum Gasteiger partial charge on any atom is 0.259 e. The first-order chi connectivity index (χ1) is 9.52. The number of nitrogens with two attached hydrogens (primary N) is 1. The standard InChI is InChI=1S/C15H14BrFN2O/c1-2-19(12-6-4-11(18)5-7-12)15(20)13-8-3-10(17)9-14(13)16/h3-9H,2,18H2,1H3. The van der Waals surface area contributed by atoms with Gasteiger partial charge < -0.3 is 10.6 Å². The van der Waals surface area contributed by atoms with Gasteiger partial charge in [0.1, 0.15) is 5.82 Å². The number of rotatable bonds is 3. The minimum absolute atomic E-state index is 0.191. The molecule has 5 heteroatoms. The molecule has 0 aliphatic heterocycles. The Hall–Kier alpha value is -1.88. The zero-order valence-corrected chi connectivity index (χ0v) is 12.5. The smallest absolute Gasteiger partial charge is 0.259 e. The summed E-state index contributed by atoms with van der Waals surface area (Å²) in [5.41, 5.74) is 7.46. The zero-order chi connectivity index (χ0) is 14.7. The van der Waals surface area contributed by atoms with Crippen LogP contribution in [0.4, 0.5) is 15.8 Å². The van der Waals surface area contributed by atoms with Gasteiger partial charge in [0.25, 0.3) is 5.91 Å². The van der Waals surface area contributed by atoms with Gasteiger partial charge in [0.15, 0.2) is 0 Å². The van der Waals surface area contributed by atoms with Crippen molar-refractivity contribution in [3.05, 3.63) is 58.3 Å². The second-order valence-corrected chi connectivity index (χ2v) is 5.12. The molecule has 0 aliphatic rings. The molecule has 104 valence electrons. The summed E-state index contributed by atoms with van der Waals surface area (Å²) in [6, 6.07) is 11.1. The minimum Gasteiger partial charge on any atom is -0.399 e. The van der Waals surface area contributed by atoms with E-state index in [9.17, 15) is 9.18 Å². The second-order valence-electron chi connectivity index (χ2n) is 4.27. The van der Waals surface area contributed by atoms with Gasteiger partial charge in [-0.25, -0.2) is 4.39 Å². The Morgan fingerprint density at radius 3 is 2.45 bits per heavy atom. The summed E-state index contributed by atoms with van der Waals surface area (Å²) < 4.78 is 13.5. The Bertz CT molecular complexity index is 628. The first kappa shape index (κ1) is 14.5. The van der Waals surface area contributed by atoms with Crippen molar-refractivity contribution >= 4 is 33.2 Å². The van der Waals surface area contributed by atoms with Gasteiger partial charge in [0, 0.05) is 22.4 Å². The summed E-state index contributed by atoms with van der Waals surface area (Å²) in [7, 11) is 0. The SMILES string of the molecule is CCN(C(=O)c1ccc(F)cc1Br)c1ccc(N)cc1. The number of benzene rings is 2. The summed E-state index contributed by atoms with van der Waals surface area (Å²) in [5, 5.41) is 0. The van der Waals surface area contributed by atoms with E-state index in [1.165, 1.54) is 18.2 Å². The van der Waals surface area contributed by atoms with Crippen LogP contribution in [0.25, 0.3) is 0 Å². The predicted molar refractivity (Wildman–Crippen MR) is 82.3 cm³/mol. The van der Waals surface area contributed by atoms with E-state index in [4.69, 9.17) is 5.73 Å². The summed E-state index contributed by atoms with van der Waals surface area (Å²) >= 11 is 3.22. The predicted octanol–water partition coefficient (Wildman–Crippen LogP) is 3.84. The molecular weight excluding hydrogens is 323 g/mol. The molecule has 0 atom stereocenters. The molecule has 0 radical (unpaired) electrons. The van der Waals surface area contributed by atoms with Crippen LogP contribution in [-0.2, 0) is 0 Å². The molecule has 0 heterocycles. The molecule has 3 nitrogen and oxygen atoms in total. The Kier molecular flexibility index (Phi) is 4.39. The van der Waals surface area contributed by atoms with Crippen molar-refractivity contribution in [1.29, 1.82) is 0 Å². The highest BCUT2D eigenvalue weighted by atomic mass is 79.9. The van der Waals surface area contributed by atoms with E-state index in [-0.39, 0.29) is 11.7 Å². The molecule has 20 heavy (non-hydrogen) atoms. The Labute approximate surface area is 125 Å². The third-order valence-corrected chi connectivity index (χ3v) is 3.58. The van der Waals surface area contributed by atoms with Gasteiger partial charge in [-0.2, -0.15) is 0 Å². The van der Waals surface area contributed by atoms with E-state index in [0.717, 1.165) is 5.69 Å². The van der Waals surface area contributed by atoms with Crippen LogP contribution in [-0.4, -0.2) is 12.5 Å². The Morgan fingerprint density at radius 1 is 1.25 bits per heavy atom. The van der Waals surface area contributed by atoms with E-state index in [0.29, 0.717) is 22.3 Å². The maximum atomic E-state index is 13.1. The van der Waals surface area contributed by atoms with Crippen LogP contribution in [0.1, 0.15) is 17.3 Å². The number of carbonyl (C=O) groups excluding carboxylic acids is 1. The highest BCUT2D eigenvalue weighted by Gasteiger charge is 2.18. The number of nitrogen functional groups attached to an aromatic ring is 1. The molecule has 0 aliphatic carbocycles. The summed E-state index contributed by atoms with van der Waals surface area (Å²) in [6.07, 6.45) is 0. The van der Waals surface area contributed by atoms with Gasteiger partial charge in [0.05, 0.1) is 5.56 Å². The van der Waals surface area contributed by atoms with E-state index in [2.05, 4.69) is 15.9 Å². The largest absolute Gasteiger partial charge is 0.399 e. The molecular formula is C15H14BrFN2O. The molecule has 2 aromatic rings. The molecule has 2 aromatic carbocycles. The number of anilines is 2. The summed E-state index contributed by atoms with van der Waals surface area (Å²) in [4.78, 5) is 14.1. The van der Waals surface area contributed by atoms with Crippen molar-refractivity contribution in [3.63, 3.8) is 0 Å². The lowest BCUT2D eigenvalue weighted by atomic mass is 10.1. The van der Waals surface area contributed by atoms with Crippen molar-refractivity contribution in [1.82, 2.24) is 0 Å². The molecule has 0 bridgehead atoms. The number of nitrogens with zero attached hydrogens (tertiary/aromatic N) is 1. The van der Waals surface area contributed by atoms with Gasteiger partial charge in [0.2, 0.25) is 0 Å². The number of halogens is 2. The topological polar surface area (TPSA) is 46.3 Å². The average Bonchev–Trinajstić information content (AvgIpc) is 2.41. The van der Waals surface area contributed by atoms with Crippen LogP contribution in [0.2, 0.25) is 0 Å². The van der Waals surface area contributed by atoms with E-state index >= 15 is 0 Å². The van der Waals surface area contributed by atoms with Crippen LogP contribution in [0.5, 0.6) is 0 Å². The molecule has 2 rings (SSSR count). The van der Waals surface area contributed by atoms with Crippen LogP contribution in [0.3, 0.4) is 0 Å². The maximum absolute atomic E-state index is 13.1. The Balaban J connectivity index is 2.36. The lowest BCUT2D eigenvalue weighted by molar-refractivity contribution is 0.0987. The zero-order valence-electron chi connectivity index (χ0n) is 10.9. The first-order valence-corrected chi connectivity index (χ1v) is 6.94. The quantitative estimate of drug-likeness (QED) is 0.865. The van der Waals surface area contributed by atoms with Crippen LogP contribution in [0, 0.1) is 5.82 Å². The summed E-state index contributed by atoms with van der Waals surface area (Å²) in [6.45, 7) is 2.39. The normalized spacial score (nSPS) is 10.3. The van der Waals surface area contributed by atoms with Crippen LogP contribution in [0.15, 0.2) is 46.9 Å². The minimum atomic E-state index is -0.385. The highest BCUT2D eigenvalue weighted by molar-refractivity contribution is 9.10. The number of carbonyl (C=O) groups is 1. The van der Waals surface area contributed by atoms with Crippen molar-refractivity contribution in [2.24, 2.45) is 0 Å². The molecule has 0 saturated carbocycles. The average molecular weight is 337 g/mol. The van der Waals surface area contributed by atoms with E-state index in [1.54, 1.807) is 29.2 Å². The number of hydrogen-bond acceptors (Lipinski definition) is 2. The molecule has 0 saturated heterocycles. The molecule has 0 spiro atoms. The second kappa shape index (κ2) is 6.05. The van der Waals surface area contributed by atoms with Crippen molar-refractivity contribution < 1.29 is 9.18 Å². The molecule has 0 fully saturated rings. The van der Waals surface area contributed by atoms with E-state index < -0.39 is 0 Å². The lowest BCUT2D eigenvalue weighted by Gasteiger charge is -2.21. The van der Waals surface area contributed by atoms with Crippen LogP contribution < -0.4 is 10.6 Å². The van der Waals surface area contributed by atoms with E-state index in [1.807, 2.05) is 6.92 Å². The summed E-state index contributed by atoms with van der Waals surface area (Å²) in [5.74, 6) is -0.576. The monoisotopic (exact) mass is 336 g/mol. The molecule has 0 aromatic heterocycles. The molecule has 2 N–H and O–H groups in total. The van der Waals surface area contributed by atoms with Crippen LogP contribution >= 0.6 is 15.9 Å². The molecule has 0 unspecified atom stereocenters. The highest BCUT2D eigenvalue weighted by Crippen LogP contribution is 2.23. The fourth-order valence-electron chi connectivity index (χ4n) is 1.91. The lowest BCUT2D eigenvalue weighted by Crippen LogP contribution is -2.30. The third kappa shape index (κ3) is 2.99. The van der Waals surface area contributed by atoms with Crippen molar-refractivity contribution in [2.75, 3.05) is 17.2 Å². The van der Waals surface area contributed by atoms with Gasteiger partial charge in [-0.3, -0.25) is 4.79 Å². The number of hydrogen-bond donors (Lipinski definition) is 1. The van der Waals surface area contributed by atoms with Crippen molar-refractivity contribution in [2.45, 2.75) is 6.92 Å². The first-order valence-electron chi connectivity index (χ1n) is 6.15. The van der Waals surface area contributed by atoms with Gasteiger partial charge >= 0.3 is 0 Å². The fraction of sp³-hybridized carbons (Fsp3) is 0.133. The molecule has 1 amide bonds. The van der Waals surface area contributed by atoms with Gasteiger partial charge in [-0.15, -0.1) is 0 Å².